The molecule has 4 amide bonds. The summed E-state index contributed by atoms with van der Waals surface area (Å²) < 4.78 is 5.92. The van der Waals surface area contributed by atoms with E-state index in [2.05, 4.69) is 26.8 Å². The number of carbonyl (C=O) groups is 5. The van der Waals surface area contributed by atoms with Crippen molar-refractivity contribution in [3.05, 3.63) is 105 Å². The molecule has 3 aromatic carbocycles. The number of nitrogens with zero attached hydrogens (tertiary/aromatic N) is 1. The van der Waals surface area contributed by atoms with Crippen molar-refractivity contribution in [3.63, 3.8) is 0 Å². The molecule has 3 aromatic rings. The number of imide groups is 1. The van der Waals surface area contributed by atoms with Crippen molar-refractivity contribution in [2.75, 3.05) is 6.61 Å². The van der Waals surface area contributed by atoms with Gasteiger partial charge in [-0.2, -0.15) is 0 Å². The highest BCUT2D eigenvalue weighted by atomic mass is 79.9. The van der Waals surface area contributed by atoms with Gasteiger partial charge in [-0.15, -0.1) is 0 Å². The standard InChI is InChI=1S/C30H24BrN3O6/c1-15(30(39)40-14-22(35)32-33-27(36)16-10-12-17(31)13-11-16)34-28(37)25-23-18-6-2-3-7-19(18)24(26(25)29(34)38)21-9-5-4-8-20(21)23/h2-13,15,23-26H,14H2,1H3,(H,32,35)(H,33,36)/t15-,23?,24?,25+,26+/m1/s1. The zero-order chi connectivity index (χ0) is 28.1. The third kappa shape index (κ3) is 4.10. The van der Waals surface area contributed by atoms with Crippen molar-refractivity contribution < 1.29 is 28.7 Å². The molecule has 0 unspecified atom stereocenters. The predicted octanol–water partition coefficient (Wildman–Crippen LogP) is 3.03. The number of hydrogen-bond acceptors (Lipinski definition) is 6. The first-order valence-electron chi connectivity index (χ1n) is 12.8. The monoisotopic (exact) mass is 601 g/mol. The first-order chi connectivity index (χ1) is 19.3. The van der Waals surface area contributed by atoms with Crippen molar-refractivity contribution in [2.45, 2.75) is 24.8 Å². The van der Waals surface area contributed by atoms with Crippen LogP contribution in [0.4, 0.5) is 0 Å². The van der Waals surface area contributed by atoms with Crippen LogP contribution in [0.2, 0.25) is 0 Å². The molecule has 7 rings (SSSR count). The molecule has 1 aliphatic heterocycles. The molecule has 0 radical (unpaired) electrons. The molecular formula is C30H24BrN3O6. The Morgan fingerprint density at radius 3 is 1.75 bits per heavy atom. The predicted molar refractivity (Wildman–Crippen MR) is 146 cm³/mol. The zero-order valence-electron chi connectivity index (χ0n) is 21.3. The number of amides is 4. The van der Waals surface area contributed by atoms with Crippen LogP contribution in [0.5, 0.6) is 0 Å². The van der Waals surface area contributed by atoms with E-state index in [1.54, 1.807) is 24.3 Å². The number of hydrogen-bond donors (Lipinski definition) is 2. The number of likely N-dealkylation sites (tertiary alicyclic amines) is 1. The van der Waals surface area contributed by atoms with Crippen LogP contribution >= 0.6 is 15.9 Å². The first kappa shape index (κ1) is 25.9. The van der Waals surface area contributed by atoms with Gasteiger partial charge in [-0.25, -0.2) is 4.79 Å². The van der Waals surface area contributed by atoms with Crippen LogP contribution in [0.3, 0.4) is 0 Å². The summed E-state index contributed by atoms with van der Waals surface area (Å²) in [6.45, 7) is 0.722. The number of ether oxygens (including phenoxy) is 1. The van der Waals surface area contributed by atoms with Gasteiger partial charge in [0.05, 0.1) is 11.8 Å². The Kier molecular flexibility index (Phi) is 6.50. The molecule has 2 bridgehead atoms. The molecule has 0 aromatic heterocycles. The highest BCUT2D eigenvalue weighted by Gasteiger charge is 2.62. The summed E-state index contributed by atoms with van der Waals surface area (Å²) in [7, 11) is 0. The van der Waals surface area contributed by atoms with Crippen LogP contribution in [-0.2, 0) is 23.9 Å². The number of esters is 1. The van der Waals surface area contributed by atoms with Crippen molar-refractivity contribution in [1.29, 1.82) is 0 Å². The second kappa shape index (κ2) is 10.0. The van der Waals surface area contributed by atoms with Crippen LogP contribution in [0.1, 0.15) is 51.4 Å². The van der Waals surface area contributed by atoms with Gasteiger partial charge in [-0.05, 0) is 53.4 Å². The van der Waals surface area contributed by atoms with E-state index >= 15 is 0 Å². The molecule has 40 heavy (non-hydrogen) atoms. The maximum absolute atomic E-state index is 13.7. The number of carbonyl (C=O) groups excluding carboxylic acids is 5. The minimum atomic E-state index is -1.22. The third-order valence-electron chi connectivity index (χ3n) is 7.98. The molecule has 1 saturated heterocycles. The fourth-order valence-electron chi connectivity index (χ4n) is 6.28. The summed E-state index contributed by atoms with van der Waals surface area (Å²) in [5.41, 5.74) is 8.89. The van der Waals surface area contributed by atoms with Gasteiger partial charge in [-0.3, -0.25) is 34.9 Å². The molecule has 1 fully saturated rings. The van der Waals surface area contributed by atoms with Crippen molar-refractivity contribution >= 4 is 45.5 Å². The molecule has 1 heterocycles. The molecule has 2 N–H and O–H groups in total. The van der Waals surface area contributed by atoms with E-state index < -0.39 is 54.1 Å². The molecule has 3 atom stereocenters. The second-order valence-electron chi connectivity index (χ2n) is 10.1. The summed E-state index contributed by atoms with van der Waals surface area (Å²) in [6.07, 6.45) is 0. The van der Waals surface area contributed by atoms with Gasteiger partial charge in [0.15, 0.2) is 6.61 Å². The van der Waals surface area contributed by atoms with Crippen molar-refractivity contribution in [2.24, 2.45) is 11.8 Å². The Bertz CT molecular complexity index is 1460. The quantitative estimate of drug-likeness (QED) is 0.263. The van der Waals surface area contributed by atoms with Crippen molar-refractivity contribution in [1.82, 2.24) is 15.8 Å². The normalized spacial score (nSPS) is 22.6. The molecular weight excluding hydrogens is 578 g/mol. The van der Waals surface area contributed by atoms with Crippen LogP contribution in [0.25, 0.3) is 0 Å². The topological polar surface area (TPSA) is 122 Å². The Hall–Kier alpha value is -4.31. The first-order valence-corrected chi connectivity index (χ1v) is 13.6. The van der Waals surface area contributed by atoms with E-state index in [1.807, 2.05) is 48.5 Å². The van der Waals surface area contributed by atoms with Crippen LogP contribution < -0.4 is 10.9 Å². The Morgan fingerprint density at radius 2 is 1.27 bits per heavy atom. The lowest BCUT2D eigenvalue weighted by Crippen LogP contribution is -2.47. The molecule has 202 valence electrons. The molecule has 4 aliphatic rings. The molecule has 9 nitrogen and oxygen atoms in total. The fourth-order valence-corrected chi connectivity index (χ4v) is 6.55. The largest absolute Gasteiger partial charge is 0.454 e. The van der Waals surface area contributed by atoms with E-state index in [1.165, 1.54) is 6.92 Å². The van der Waals surface area contributed by atoms with E-state index in [0.717, 1.165) is 31.6 Å². The second-order valence-corrected chi connectivity index (χ2v) is 11.0. The smallest absolute Gasteiger partial charge is 0.329 e. The Labute approximate surface area is 238 Å². The lowest BCUT2D eigenvalue weighted by atomic mass is 9.55. The molecule has 0 spiro atoms. The molecule has 0 saturated carbocycles. The summed E-state index contributed by atoms with van der Waals surface area (Å²) in [5.74, 6) is -4.84. The minimum absolute atomic E-state index is 0.285. The number of hydrazine groups is 1. The summed E-state index contributed by atoms with van der Waals surface area (Å²) in [6, 6.07) is 21.0. The van der Waals surface area contributed by atoms with Crippen LogP contribution in [-0.4, -0.2) is 47.1 Å². The minimum Gasteiger partial charge on any atom is -0.454 e. The summed E-state index contributed by atoms with van der Waals surface area (Å²) >= 11 is 3.28. The molecule has 3 aliphatic carbocycles. The average molecular weight is 602 g/mol. The highest BCUT2D eigenvalue weighted by Crippen LogP contribution is 2.61. The number of nitrogens with one attached hydrogen (secondary N) is 2. The number of benzene rings is 3. The van der Waals surface area contributed by atoms with Gasteiger partial charge < -0.3 is 4.74 Å². The molecule has 10 heteroatoms. The van der Waals surface area contributed by atoms with Gasteiger partial charge >= 0.3 is 5.97 Å². The van der Waals surface area contributed by atoms with Gasteiger partial charge in [0.2, 0.25) is 11.8 Å². The summed E-state index contributed by atoms with van der Waals surface area (Å²) in [5, 5.41) is 0. The fraction of sp³-hybridized carbons (Fsp3) is 0.233. The number of halogens is 1. The summed E-state index contributed by atoms with van der Waals surface area (Å²) in [4.78, 5) is 65.8. The highest BCUT2D eigenvalue weighted by molar-refractivity contribution is 9.10. The van der Waals surface area contributed by atoms with Gasteiger partial charge in [-0.1, -0.05) is 64.5 Å². The Morgan fingerprint density at radius 1 is 0.800 bits per heavy atom. The van der Waals surface area contributed by atoms with Crippen LogP contribution in [0.15, 0.2) is 77.3 Å². The van der Waals surface area contributed by atoms with Gasteiger partial charge in [0.1, 0.15) is 6.04 Å². The van der Waals surface area contributed by atoms with Gasteiger partial charge in [0, 0.05) is 21.9 Å². The Balaban J connectivity index is 1.13. The maximum atomic E-state index is 13.7. The maximum Gasteiger partial charge on any atom is 0.329 e. The van der Waals surface area contributed by atoms with E-state index in [-0.39, 0.29) is 11.8 Å². The third-order valence-corrected chi connectivity index (χ3v) is 8.51. The van der Waals surface area contributed by atoms with Crippen molar-refractivity contribution in [3.8, 4) is 0 Å². The van der Waals surface area contributed by atoms with E-state index in [0.29, 0.717) is 5.56 Å². The van der Waals surface area contributed by atoms with E-state index in [4.69, 9.17) is 4.74 Å². The average Bonchev–Trinajstić information content (AvgIpc) is 3.24. The lowest BCUT2D eigenvalue weighted by Gasteiger charge is -2.45. The van der Waals surface area contributed by atoms with Crippen LogP contribution in [0, 0.1) is 11.8 Å². The lowest BCUT2D eigenvalue weighted by molar-refractivity contribution is -0.159. The van der Waals surface area contributed by atoms with Gasteiger partial charge in [0.25, 0.3) is 11.8 Å². The van der Waals surface area contributed by atoms with E-state index in [9.17, 15) is 24.0 Å². The SMILES string of the molecule is C[C@H](C(=O)OCC(=O)NNC(=O)c1ccc(Br)cc1)N1C(=O)[C@H]2C3c4ccccc4C(c4ccccc43)[C@@H]2C1=O. The number of rotatable bonds is 5. The zero-order valence-corrected chi connectivity index (χ0v) is 22.9.